The number of nitrogens with zero attached hydrogens (tertiary/aromatic N) is 1. The van der Waals surface area contributed by atoms with Crippen molar-refractivity contribution in [3.05, 3.63) is 85.1 Å². The monoisotopic (exact) mass is 847 g/mol. The summed E-state index contributed by atoms with van der Waals surface area (Å²) in [6, 6.07) is 0. The highest BCUT2D eigenvalue weighted by atomic mass is 31.2. The maximum Gasteiger partial charge on any atom is 0.472 e. The number of epoxide rings is 1. The highest BCUT2D eigenvalue weighted by molar-refractivity contribution is 7.47. The van der Waals surface area contributed by atoms with E-state index >= 15 is 0 Å². The summed E-state index contributed by atoms with van der Waals surface area (Å²) in [5, 5.41) is 0. The third-order valence-electron chi connectivity index (χ3n) is 9.31. The van der Waals surface area contributed by atoms with Gasteiger partial charge in [0.2, 0.25) is 0 Å². The van der Waals surface area contributed by atoms with E-state index in [0.717, 1.165) is 83.5 Å². The summed E-state index contributed by atoms with van der Waals surface area (Å²) in [4.78, 5) is 35.4. The lowest BCUT2D eigenvalue weighted by Gasteiger charge is -2.24. The maximum atomic E-state index is 12.7. The van der Waals surface area contributed by atoms with E-state index in [1.165, 1.54) is 19.3 Å². The second kappa shape index (κ2) is 35.9. The molecule has 0 aromatic heterocycles. The molecule has 1 saturated heterocycles. The number of allylic oxidation sites excluding steroid dienone is 12. The predicted octanol–water partition coefficient (Wildman–Crippen LogP) is 11.8. The molecule has 1 heterocycles. The van der Waals surface area contributed by atoms with Gasteiger partial charge in [0.05, 0.1) is 40.0 Å². The molecule has 1 rings (SSSR count). The second-order valence-corrected chi connectivity index (χ2v) is 17.5. The summed E-state index contributed by atoms with van der Waals surface area (Å²) in [6.45, 7) is 4.15. The van der Waals surface area contributed by atoms with Gasteiger partial charge in [-0.15, -0.1) is 0 Å². The molecule has 0 saturated carbocycles. The van der Waals surface area contributed by atoms with Crippen molar-refractivity contribution in [2.45, 2.75) is 161 Å². The lowest BCUT2D eigenvalue weighted by atomic mass is 10.1. The van der Waals surface area contributed by atoms with E-state index in [1.54, 1.807) is 0 Å². The molecule has 0 aromatic carbocycles. The van der Waals surface area contributed by atoms with Gasteiger partial charge in [-0.2, -0.15) is 0 Å². The van der Waals surface area contributed by atoms with Crippen molar-refractivity contribution < 1.29 is 46.8 Å². The molecule has 10 nitrogen and oxygen atoms in total. The van der Waals surface area contributed by atoms with E-state index in [-0.39, 0.29) is 26.1 Å². The Kier molecular flexibility index (Phi) is 32.9. The van der Waals surface area contributed by atoms with E-state index in [1.807, 2.05) is 21.1 Å². The van der Waals surface area contributed by atoms with Crippen LogP contribution in [0.5, 0.6) is 0 Å². The first-order valence-corrected chi connectivity index (χ1v) is 23.9. The number of esters is 2. The van der Waals surface area contributed by atoms with Gasteiger partial charge in [0.25, 0.3) is 0 Å². The first-order valence-electron chi connectivity index (χ1n) is 22.4. The number of phosphoric acid groups is 1. The van der Waals surface area contributed by atoms with Crippen molar-refractivity contribution in [3.63, 3.8) is 0 Å². The van der Waals surface area contributed by atoms with E-state index < -0.39 is 32.5 Å². The fraction of sp³-hybridized carbons (Fsp3) is 0.667. The van der Waals surface area contributed by atoms with Gasteiger partial charge in [-0.05, 0) is 89.9 Å². The topological polar surface area (TPSA) is 121 Å². The third kappa shape index (κ3) is 36.7. The number of hydrogen-bond acceptors (Lipinski definition) is 8. The molecular weight excluding hydrogens is 766 g/mol. The Labute approximate surface area is 358 Å². The summed E-state index contributed by atoms with van der Waals surface area (Å²) in [5.41, 5.74) is 0. The van der Waals surface area contributed by atoms with E-state index in [2.05, 4.69) is 98.9 Å². The number of carbonyl (C=O) groups excluding carboxylic acids is 2. The molecule has 1 aliphatic heterocycles. The van der Waals surface area contributed by atoms with E-state index in [0.29, 0.717) is 36.1 Å². The molecule has 4 atom stereocenters. The third-order valence-corrected chi connectivity index (χ3v) is 10.3. The Morgan fingerprint density at radius 2 is 1.14 bits per heavy atom. The van der Waals surface area contributed by atoms with Gasteiger partial charge >= 0.3 is 19.8 Å². The Morgan fingerprint density at radius 3 is 1.75 bits per heavy atom. The van der Waals surface area contributed by atoms with Crippen molar-refractivity contribution in [1.82, 2.24) is 0 Å². The van der Waals surface area contributed by atoms with Gasteiger partial charge in [-0.25, -0.2) is 4.57 Å². The molecular formula is C48H81NO9P+. The molecule has 0 aliphatic carbocycles. The number of unbranched alkanes of at least 4 members (excludes halogenated alkanes) is 8. The second-order valence-electron chi connectivity index (χ2n) is 16.1. The lowest BCUT2D eigenvalue weighted by molar-refractivity contribution is -0.870. The van der Waals surface area contributed by atoms with Crippen LogP contribution in [0.3, 0.4) is 0 Å². The van der Waals surface area contributed by atoms with Crippen LogP contribution >= 0.6 is 7.82 Å². The van der Waals surface area contributed by atoms with E-state index in [9.17, 15) is 19.0 Å². The zero-order valence-electron chi connectivity index (χ0n) is 37.4. The van der Waals surface area contributed by atoms with Gasteiger partial charge in [0, 0.05) is 12.8 Å². The zero-order valence-corrected chi connectivity index (χ0v) is 38.3. The van der Waals surface area contributed by atoms with Gasteiger partial charge < -0.3 is 23.6 Å². The fourth-order valence-corrected chi connectivity index (χ4v) is 6.43. The first-order chi connectivity index (χ1) is 28.5. The predicted molar refractivity (Wildman–Crippen MR) is 242 cm³/mol. The minimum Gasteiger partial charge on any atom is -0.462 e. The van der Waals surface area contributed by atoms with Crippen LogP contribution in [0.25, 0.3) is 0 Å². The highest BCUT2D eigenvalue weighted by Gasteiger charge is 2.36. The van der Waals surface area contributed by atoms with Crippen LogP contribution in [0.2, 0.25) is 0 Å². The Hall–Kier alpha value is -2.85. The van der Waals surface area contributed by atoms with Crippen molar-refractivity contribution in [3.8, 4) is 0 Å². The quantitative estimate of drug-likeness (QED) is 0.0162. The first kappa shape index (κ1) is 54.2. The van der Waals surface area contributed by atoms with Crippen molar-refractivity contribution >= 4 is 19.8 Å². The molecule has 1 aliphatic rings. The van der Waals surface area contributed by atoms with Crippen LogP contribution in [0.4, 0.5) is 0 Å². The summed E-state index contributed by atoms with van der Waals surface area (Å²) >= 11 is 0. The Morgan fingerprint density at radius 1 is 0.627 bits per heavy atom. The minimum absolute atomic E-state index is 0.0109. The number of ether oxygens (including phenoxy) is 3. The number of carbonyl (C=O) groups is 2. The molecule has 11 heteroatoms. The smallest absolute Gasteiger partial charge is 0.462 e. The molecule has 0 spiro atoms. The lowest BCUT2D eigenvalue weighted by Crippen LogP contribution is -2.37. The molecule has 0 bridgehead atoms. The summed E-state index contributed by atoms with van der Waals surface area (Å²) in [7, 11) is 1.41. The average molecular weight is 847 g/mol. The highest BCUT2D eigenvalue weighted by Crippen LogP contribution is 2.43. The fourth-order valence-electron chi connectivity index (χ4n) is 5.68. The molecule has 1 N–H and O–H groups in total. The molecule has 336 valence electrons. The average Bonchev–Trinajstić information content (AvgIpc) is 3.94. The SMILES string of the molecule is CC/C=C\C/C=C\C/C=C\C/C=C\CCCCCCC(=O)O[C@H](COC(=O)CCC/C=C\C/C=C\CC1OC1C/C=C\CCCCC)COP(=O)(O)OCC[N+](C)(C)C. The molecule has 3 unspecified atom stereocenters. The van der Waals surface area contributed by atoms with Crippen molar-refractivity contribution in [2.24, 2.45) is 0 Å². The number of quaternary nitrogens is 1. The molecule has 0 amide bonds. The Bertz CT molecular complexity index is 1340. The molecule has 0 aromatic rings. The summed E-state index contributed by atoms with van der Waals surface area (Å²) in [5.74, 6) is -0.907. The number of likely N-dealkylation sites (N-methyl/N-ethyl adjacent to an activating group) is 1. The summed E-state index contributed by atoms with van der Waals surface area (Å²) < 4.78 is 40.0. The van der Waals surface area contributed by atoms with Crippen LogP contribution in [-0.4, -0.2) is 87.1 Å². The zero-order chi connectivity index (χ0) is 43.3. The normalized spacial score (nSPS) is 17.8. The maximum absolute atomic E-state index is 12.7. The van der Waals surface area contributed by atoms with Crippen LogP contribution < -0.4 is 0 Å². The standard InChI is InChI=1S/C48H80NO9P/c1-6-8-10-12-14-15-16-17-18-19-20-21-22-23-26-31-35-39-48(51)57-44(43-56-59(52,53)55-41-40-49(3,4)5)42-54-47(50)38-34-30-27-24-25-29-33-37-46-45(58-46)36-32-28-13-11-9-7-2/h8,10,14-15,17-18,20-21,24,27-29,32-33,44-46H,6-7,9,11-13,16,19,22-23,25-26,30-31,34-43H2,1-5H3/p+1/b10-8-,15-14-,18-17-,21-20-,27-24-,32-28-,33-29-/t44-,45?,46?/m1/s1. The van der Waals surface area contributed by atoms with Crippen LogP contribution in [0.15, 0.2) is 85.1 Å². The van der Waals surface area contributed by atoms with Crippen molar-refractivity contribution in [1.29, 1.82) is 0 Å². The summed E-state index contributed by atoms with van der Waals surface area (Å²) in [6.07, 6.45) is 48.1. The van der Waals surface area contributed by atoms with Gasteiger partial charge in [-0.3, -0.25) is 18.6 Å². The largest absolute Gasteiger partial charge is 0.472 e. The number of phosphoric ester groups is 1. The van der Waals surface area contributed by atoms with Gasteiger partial charge in [0.1, 0.15) is 19.8 Å². The van der Waals surface area contributed by atoms with Crippen LogP contribution in [-0.2, 0) is 37.4 Å². The van der Waals surface area contributed by atoms with Crippen molar-refractivity contribution in [2.75, 3.05) is 47.5 Å². The Balaban J connectivity index is 2.35. The number of rotatable bonds is 38. The van der Waals surface area contributed by atoms with Crippen LogP contribution in [0, 0.1) is 0 Å². The molecule has 1 fully saturated rings. The van der Waals surface area contributed by atoms with Gasteiger partial charge in [-0.1, -0.05) is 125 Å². The van der Waals surface area contributed by atoms with E-state index in [4.69, 9.17) is 23.3 Å². The molecule has 59 heavy (non-hydrogen) atoms. The minimum atomic E-state index is -4.40. The van der Waals surface area contributed by atoms with Crippen LogP contribution in [0.1, 0.15) is 142 Å². The number of hydrogen-bond donors (Lipinski definition) is 1. The van der Waals surface area contributed by atoms with Gasteiger partial charge in [0.15, 0.2) is 6.10 Å². The molecule has 0 radical (unpaired) electrons.